The molecule has 0 unspecified atom stereocenters. The van der Waals surface area contributed by atoms with E-state index in [1.54, 1.807) is 23.5 Å². The molecule has 0 saturated carbocycles. The Morgan fingerprint density at radius 1 is 0.600 bits per heavy atom. The summed E-state index contributed by atoms with van der Waals surface area (Å²) in [5.41, 5.74) is 6.44. The van der Waals surface area contributed by atoms with Crippen molar-refractivity contribution >= 4 is 29.5 Å². The molecule has 2 aliphatic rings. The van der Waals surface area contributed by atoms with Crippen LogP contribution in [0, 0.1) is 37.5 Å². The average molecular weight is 619 g/mol. The van der Waals surface area contributed by atoms with E-state index < -0.39 is 11.0 Å². The standard InChI is InChI=1S/C41H30O2S2/c1-27-25-28(2)31(22-24-41(43-29(3)42)34-15-7-11-19-38(34)45-39-20-12-8-16-35(39)41)26-30(27)21-23-40(4)32-13-5-9-17-36(32)44-37-18-10-6-14-33(37)40/h5-20,25-26H,1-4H3. The number of carbonyl (C=O) groups is 1. The van der Waals surface area contributed by atoms with Crippen LogP contribution in [0.25, 0.3) is 0 Å². The first kappa shape index (κ1) is 29.1. The van der Waals surface area contributed by atoms with Crippen molar-refractivity contribution in [1.82, 2.24) is 0 Å². The van der Waals surface area contributed by atoms with E-state index in [-0.39, 0.29) is 5.97 Å². The van der Waals surface area contributed by atoms with Crippen molar-refractivity contribution in [3.63, 3.8) is 0 Å². The highest BCUT2D eigenvalue weighted by Gasteiger charge is 2.43. The van der Waals surface area contributed by atoms with Crippen LogP contribution in [-0.2, 0) is 20.5 Å². The van der Waals surface area contributed by atoms with Gasteiger partial charge in [0, 0.05) is 48.8 Å². The zero-order valence-electron chi connectivity index (χ0n) is 25.5. The number of ether oxygens (including phenoxy) is 1. The Morgan fingerprint density at radius 3 is 1.47 bits per heavy atom. The molecule has 5 aromatic rings. The number of hydrogen-bond donors (Lipinski definition) is 0. The van der Waals surface area contributed by atoms with E-state index in [2.05, 4.69) is 117 Å². The predicted molar refractivity (Wildman–Crippen MR) is 183 cm³/mol. The minimum Gasteiger partial charge on any atom is -0.437 e. The third-order valence-electron chi connectivity index (χ3n) is 8.51. The van der Waals surface area contributed by atoms with Crippen LogP contribution >= 0.6 is 23.5 Å². The lowest BCUT2D eigenvalue weighted by atomic mass is 9.76. The lowest BCUT2D eigenvalue weighted by molar-refractivity contribution is -0.149. The van der Waals surface area contributed by atoms with Crippen molar-refractivity contribution < 1.29 is 9.53 Å². The van der Waals surface area contributed by atoms with E-state index >= 15 is 0 Å². The minimum atomic E-state index is -1.23. The second kappa shape index (κ2) is 11.4. The highest BCUT2D eigenvalue weighted by atomic mass is 32.2. The molecule has 7 rings (SSSR count). The van der Waals surface area contributed by atoms with Crippen molar-refractivity contribution in [2.45, 2.75) is 58.3 Å². The van der Waals surface area contributed by atoms with Crippen molar-refractivity contribution in [3.8, 4) is 23.7 Å². The zero-order valence-corrected chi connectivity index (χ0v) is 27.2. The Morgan fingerprint density at radius 2 is 1.00 bits per heavy atom. The molecule has 2 nitrogen and oxygen atoms in total. The maximum atomic E-state index is 12.6. The highest BCUT2D eigenvalue weighted by Crippen LogP contribution is 2.50. The summed E-state index contributed by atoms with van der Waals surface area (Å²) in [6.07, 6.45) is 0. The summed E-state index contributed by atoms with van der Waals surface area (Å²) >= 11 is 3.48. The molecule has 0 spiro atoms. The maximum Gasteiger partial charge on any atom is 0.304 e. The van der Waals surface area contributed by atoms with Crippen molar-refractivity contribution in [3.05, 3.63) is 154 Å². The maximum absolute atomic E-state index is 12.6. The topological polar surface area (TPSA) is 26.3 Å². The number of hydrogen-bond acceptors (Lipinski definition) is 4. The van der Waals surface area contributed by atoms with E-state index in [0.717, 1.165) is 43.2 Å². The van der Waals surface area contributed by atoms with Crippen molar-refractivity contribution in [2.24, 2.45) is 0 Å². The summed E-state index contributed by atoms with van der Waals surface area (Å²) in [5, 5.41) is 0. The molecule has 4 heteroatoms. The number of rotatable bonds is 1. The number of benzene rings is 5. The zero-order chi connectivity index (χ0) is 31.2. The fraction of sp³-hybridized carbons (Fsp3) is 0.146. The summed E-state index contributed by atoms with van der Waals surface area (Å²) in [6.45, 7) is 7.83. The van der Waals surface area contributed by atoms with Crippen LogP contribution in [-0.4, -0.2) is 5.97 Å². The van der Waals surface area contributed by atoms with Gasteiger partial charge in [-0.2, -0.15) is 0 Å². The minimum absolute atomic E-state index is 0.382. The fourth-order valence-electron chi connectivity index (χ4n) is 6.25. The van der Waals surface area contributed by atoms with Crippen LogP contribution in [0.1, 0.15) is 58.4 Å². The molecule has 2 aliphatic heterocycles. The summed E-state index contributed by atoms with van der Waals surface area (Å²) in [5.74, 6) is 13.8. The highest BCUT2D eigenvalue weighted by molar-refractivity contribution is 7.99. The lowest BCUT2D eigenvalue weighted by Gasteiger charge is -2.35. The SMILES string of the molecule is CC(=O)OC1(C#Cc2cc(C#CC3(C)c4ccccc4Sc4ccccc43)c(C)cc2C)c2ccccc2Sc2ccccc21. The van der Waals surface area contributed by atoms with Gasteiger partial charge in [0.25, 0.3) is 0 Å². The Hall–Kier alpha value is -4.61. The van der Waals surface area contributed by atoms with Gasteiger partial charge < -0.3 is 4.74 Å². The van der Waals surface area contributed by atoms with E-state index in [9.17, 15) is 4.79 Å². The van der Waals surface area contributed by atoms with Crippen molar-refractivity contribution in [2.75, 3.05) is 0 Å². The lowest BCUT2D eigenvalue weighted by Crippen LogP contribution is -2.34. The largest absolute Gasteiger partial charge is 0.437 e. The second-order valence-corrected chi connectivity index (χ2v) is 13.7. The molecule has 0 aliphatic carbocycles. The molecule has 0 radical (unpaired) electrons. The van der Waals surface area contributed by atoms with Crippen LogP contribution in [0.5, 0.6) is 0 Å². The predicted octanol–water partition coefficient (Wildman–Crippen LogP) is 9.45. The first-order valence-electron chi connectivity index (χ1n) is 14.9. The first-order valence-corrected chi connectivity index (χ1v) is 16.5. The molecule has 218 valence electrons. The van der Waals surface area contributed by atoms with Gasteiger partial charge in [0.2, 0.25) is 5.60 Å². The van der Waals surface area contributed by atoms with Gasteiger partial charge in [-0.25, -0.2) is 0 Å². The van der Waals surface area contributed by atoms with Gasteiger partial charge in [-0.05, 0) is 79.3 Å². The number of carbonyl (C=O) groups excluding carboxylic acids is 1. The summed E-state index contributed by atoms with van der Waals surface area (Å²) in [6, 6.07) is 37.4. The fourth-order valence-corrected chi connectivity index (χ4v) is 8.72. The molecule has 0 saturated heterocycles. The molecule has 0 fully saturated rings. The van der Waals surface area contributed by atoms with E-state index in [4.69, 9.17) is 4.74 Å². The van der Waals surface area contributed by atoms with Crippen LogP contribution in [0.3, 0.4) is 0 Å². The van der Waals surface area contributed by atoms with Crippen LogP contribution in [0.15, 0.2) is 129 Å². The van der Waals surface area contributed by atoms with Crippen LogP contribution in [0.4, 0.5) is 0 Å². The third kappa shape index (κ3) is 5.05. The van der Waals surface area contributed by atoms with Crippen molar-refractivity contribution in [1.29, 1.82) is 0 Å². The third-order valence-corrected chi connectivity index (χ3v) is 10.8. The number of esters is 1. The first-order chi connectivity index (χ1) is 21.8. The van der Waals surface area contributed by atoms with Gasteiger partial charge >= 0.3 is 5.97 Å². The molecule has 2 heterocycles. The summed E-state index contributed by atoms with van der Waals surface area (Å²) in [4.78, 5) is 17.2. The van der Waals surface area contributed by atoms with Crippen LogP contribution < -0.4 is 0 Å². The van der Waals surface area contributed by atoms with E-state index in [1.807, 2.05) is 36.4 Å². The molecule has 0 aromatic heterocycles. The van der Waals surface area contributed by atoms with Gasteiger partial charge in [0.05, 0.1) is 5.41 Å². The Balaban J connectivity index is 1.37. The number of fused-ring (bicyclic) bond motifs is 4. The Bertz CT molecular complexity index is 2050. The Kier molecular flexibility index (Phi) is 7.37. The van der Waals surface area contributed by atoms with Crippen LogP contribution in [0.2, 0.25) is 0 Å². The quantitative estimate of drug-likeness (QED) is 0.138. The van der Waals surface area contributed by atoms with Gasteiger partial charge in [-0.15, -0.1) is 0 Å². The molecule has 0 bridgehead atoms. The second-order valence-electron chi connectivity index (χ2n) is 11.6. The van der Waals surface area contributed by atoms with Gasteiger partial charge in [-0.1, -0.05) is 120 Å². The van der Waals surface area contributed by atoms with Gasteiger partial charge in [0.15, 0.2) is 0 Å². The molecule has 5 aromatic carbocycles. The average Bonchev–Trinajstić information content (AvgIpc) is 3.04. The molecular formula is C41H30O2S2. The molecule has 0 atom stereocenters. The molecular weight excluding hydrogens is 589 g/mol. The van der Waals surface area contributed by atoms with E-state index in [0.29, 0.717) is 0 Å². The monoisotopic (exact) mass is 618 g/mol. The van der Waals surface area contributed by atoms with Gasteiger partial charge in [-0.3, -0.25) is 4.79 Å². The summed E-state index contributed by atoms with van der Waals surface area (Å²) < 4.78 is 6.20. The normalized spacial score (nSPS) is 14.6. The van der Waals surface area contributed by atoms with Gasteiger partial charge in [0.1, 0.15) is 0 Å². The molecule has 45 heavy (non-hydrogen) atoms. The smallest absolute Gasteiger partial charge is 0.304 e. The Labute approximate surface area is 273 Å². The van der Waals surface area contributed by atoms with E-state index in [1.165, 1.54) is 27.8 Å². The number of aryl methyl sites for hydroxylation is 2. The summed E-state index contributed by atoms with van der Waals surface area (Å²) in [7, 11) is 0. The molecule has 0 N–H and O–H groups in total. The molecule has 0 amide bonds.